The Morgan fingerprint density at radius 3 is 2.84 bits per heavy atom. The number of nitrogens with zero attached hydrogens (tertiary/aromatic N) is 4. The average Bonchev–Trinajstić information content (AvgIpc) is 2.74. The monoisotopic (exact) mass is 372 g/mol. The van der Waals surface area contributed by atoms with E-state index in [1.807, 2.05) is 35.8 Å². The zero-order valence-corrected chi connectivity index (χ0v) is 12.7. The third-order valence-electron chi connectivity index (χ3n) is 2.84. The largest absolute Gasteiger partial charge is 0.362 e. The van der Waals surface area contributed by atoms with E-state index in [-0.39, 0.29) is 10.6 Å². The molecule has 0 spiro atoms. The minimum absolute atomic E-state index is 0.114. The molecular formula is C12H13IN4O2. The maximum Gasteiger partial charge on any atom is 0.293 e. The first-order valence-corrected chi connectivity index (χ1v) is 6.68. The molecule has 0 amide bonds. The molecule has 0 fully saturated rings. The van der Waals surface area contributed by atoms with Crippen LogP contribution in [0.2, 0.25) is 0 Å². The Bertz CT molecular complexity index is 612. The normalized spacial score (nSPS) is 10.5. The van der Waals surface area contributed by atoms with E-state index in [9.17, 15) is 10.1 Å². The van der Waals surface area contributed by atoms with E-state index in [4.69, 9.17) is 0 Å². The smallest absolute Gasteiger partial charge is 0.293 e. The second-order valence-corrected chi connectivity index (χ2v) is 5.45. The summed E-state index contributed by atoms with van der Waals surface area (Å²) in [4.78, 5) is 16.8. The molecule has 2 rings (SSSR count). The van der Waals surface area contributed by atoms with E-state index in [1.54, 1.807) is 18.3 Å². The first-order valence-electron chi connectivity index (χ1n) is 5.60. The zero-order valence-electron chi connectivity index (χ0n) is 10.6. The lowest BCUT2D eigenvalue weighted by molar-refractivity contribution is -0.384. The Labute approximate surface area is 124 Å². The van der Waals surface area contributed by atoms with Crippen molar-refractivity contribution >= 4 is 34.0 Å². The van der Waals surface area contributed by atoms with Crippen LogP contribution >= 0.6 is 22.6 Å². The highest BCUT2D eigenvalue weighted by Gasteiger charge is 2.18. The molecule has 0 N–H and O–H groups in total. The first kappa shape index (κ1) is 13.8. The van der Waals surface area contributed by atoms with Gasteiger partial charge in [0.1, 0.15) is 11.5 Å². The fourth-order valence-corrected chi connectivity index (χ4v) is 2.29. The number of benzene rings is 1. The highest BCUT2D eigenvalue weighted by molar-refractivity contribution is 14.1. The summed E-state index contributed by atoms with van der Waals surface area (Å²) in [6, 6.07) is 5.20. The summed E-state index contributed by atoms with van der Waals surface area (Å²) in [5.74, 6) is 0.857. The van der Waals surface area contributed by atoms with Crippen LogP contribution in [0.15, 0.2) is 30.6 Å². The Morgan fingerprint density at radius 1 is 1.53 bits per heavy atom. The molecule has 0 saturated carbocycles. The summed E-state index contributed by atoms with van der Waals surface area (Å²) >= 11 is 2.07. The molecule has 0 aliphatic carbocycles. The van der Waals surface area contributed by atoms with Crippen LogP contribution in [0.25, 0.3) is 0 Å². The van der Waals surface area contributed by atoms with E-state index in [0.717, 1.165) is 9.39 Å². The molecule has 19 heavy (non-hydrogen) atoms. The van der Waals surface area contributed by atoms with Gasteiger partial charge in [-0.3, -0.25) is 10.1 Å². The van der Waals surface area contributed by atoms with Crippen molar-refractivity contribution in [3.63, 3.8) is 0 Å². The summed E-state index contributed by atoms with van der Waals surface area (Å²) in [6.45, 7) is 0.519. The molecule has 1 heterocycles. The van der Waals surface area contributed by atoms with Gasteiger partial charge >= 0.3 is 0 Å². The van der Waals surface area contributed by atoms with Crippen molar-refractivity contribution in [2.24, 2.45) is 7.05 Å². The van der Waals surface area contributed by atoms with Gasteiger partial charge in [-0.25, -0.2) is 4.98 Å². The number of hydrogen-bond acceptors (Lipinski definition) is 4. The summed E-state index contributed by atoms with van der Waals surface area (Å²) in [5.41, 5.74) is 0.706. The lowest BCUT2D eigenvalue weighted by Crippen LogP contribution is -2.20. The topological polar surface area (TPSA) is 64.2 Å². The molecule has 0 aliphatic rings. The molecule has 0 atom stereocenters. The van der Waals surface area contributed by atoms with Crippen LogP contribution in [0.1, 0.15) is 5.82 Å². The van der Waals surface area contributed by atoms with E-state index in [0.29, 0.717) is 12.2 Å². The van der Waals surface area contributed by atoms with Crippen LogP contribution < -0.4 is 4.90 Å². The second-order valence-electron chi connectivity index (χ2n) is 4.20. The number of halogens is 1. The van der Waals surface area contributed by atoms with Crippen LogP contribution in [0.3, 0.4) is 0 Å². The number of anilines is 1. The number of hydrogen-bond donors (Lipinski definition) is 0. The Kier molecular flexibility index (Phi) is 4.03. The second kappa shape index (κ2) is 5.55. The third kappa shape index (κ3) is 3.03. The number of imidazole rings is 1. The average molecular weight is 372 g/mol. The van der Waals surface area contributed by atoms with Gasteiger partial charge in [0.15, 0.2) is 0 Å². The number of nitro benzene ring substituents is 1. The Balaban J connectivity index is 2.31. The molecule has 0 radical (unpaired) electrons. The Morgan fingerprint density at radius 2 is 2.26 bits per heavy atom. The van der Waals surface area contributed by atoms with Gasteiger partial charge in [0.25, 0.3) is 5.69 Å². The summed E-state index contributed by atoms with van der Waals surface area (Å²) in [5, 5.41) is 11.1. The quantitative estimate of drug-likeness (QED) is 0.470. The standard InChI is InChI=1S/C12H13IN4O2/c1-15-6-5-14-12(15)8-16(2)10-4-3-9(13)7-11(10)17(18)19/h3-7H,8H2,1-2H3. The van der Waals surface area contributed by atoms with Crippen molar-refractivity contribution in [3.05, 3.63) is 50.1 Å². The summed E-state index contributed by atoms with van der Waals surface area (Å²) in [6.07, 6.45) is 3.57. The maximum atomic E-state index is 11.1. The summed E-state index contributed by atoms with van der Waals surface area (Å²) < 4.78 is 2.74. The molecule has 0 unspecified atom stereocenters. The van der Waals surface area contributed by atoms with Crippen molar-refractivity contribution in [2.45, 2.75) is 6.54 Å². The van der Waals surface area contributed by atoms with Crippen molar-refractivity contribution in [2.75, 3.05) is 11.9 Å². The van der Waals surface area contributed by atoms with Crippen LogP contribution in [0.4, 0.5) is 11.4 Å². The van der Waals surface area contributed by atoms with Gasteiger partial charge in [0.05, 0.1) is 11.5 Å². The number of aryl methyl sites for hydroxylation is 1. The highest BCUT2D eigenvalue weighted by atomic mass is 127. The van der Waals surface area contributed by atoms with Gasteiger partial charge in [-0.15, -0.1) is 0 Å². The molecule has 100 valence electrons. The molecule has 7 heteroatoms. The number of nitro groups is 1. The van der Waals surface area contributed by atoms with Gasteiger partial charge in [0.2, 0.25) is 0 Å². The van der Waals surface area contributed by atoms with Crippen LogP contribution in [0, 0.1) is 13.7 Å². The predicted octanol–water partition coefficient (Wildman–Crippen LogP) is 2.57. The van der Waals surface area contributed by atoms with Gasteiger partial charge in [-0.1, -0.05) is 0 Å². The molecule has 1 aromatic carbocycles. The Hall–Kier alpha value is -1.64. The third-order valence-corrected chi connectivity index (χ3v) is 3.52. The van der Waals surface area contributed by atoms with E-state index >= 15 is 0 Å². The van der Waals surface area contributed by atoms with E-state index < -0.39 is 0 Å². The number of aromatic nitrogens is 2. The minimum Gasteiger partial charge on any atom is -0.362 e. The van der Waals surface area contributed by atoms with Crippen LogP contribution in [-0.2, 0) is 13.6 Å². The first-order chi connectivity index (χ1) is 8.99. The molecule has 0 aliphatic heterocycles. The van der Waals surface area contributed by atoms with Gasteiger partial charge in [-0.2, -0.15) is 0 Å². The van der Waals surface area contributed by atoms with Crippen molar-refractivity contribution < 1.29 is 4.92 Å². The van der Waals surface area contributed by atoms with Crippen LogP contribution in [0.5, 0.6) is 0 Å². The fourth-order valence-electron chi connectivity index (χ4n) is 1.81. The van der Waals surface area contributed by atoms with Crippen molar-refractivity contribution in [3.8, 4) is 0 Å². The molecule has 0 bridgehead atoms. The maximum absolute atomic E-state index is 11.1. The van der Waals surface area contributed by atoms with Gasteiger partial charge in [-0.05, 0) is 34.7 Å². The lowest BCUT2D eigenvalue weighted by atomic mass is 10.2. The highest BCUT2D eigenvalue weighted by Crippen LogP contribution is 2.29. The van der Waals surface area contributed by atoms with Gasteiger partial charge in [0, 0.05) is 36.1 Å². The van der Waals surface area contributed by atoms with Crippen LogP contribution in [-0.4, -0.2) is 21.5 Å². The molecular weight excluding hydrogens is 359 g/mol. The minimum atomic E-state index is -0.355. The fraction of sp³-hybridized carbons (Fsp3) is 0.250. The summed E-state index contributed by atoms with van der Waals surface area (Å²) in [7, 11) is 3.72. The number of rotatable bonds is 4. The van der Waals surface area contributed by atoms with Gasteiger partial charge < -0.3 is 9.47 Å². The molecule has 6 nitrogen and oxygen atoms in total. The van der Waals surface area contributed by atoms with Crippen molar-refractivity contribution in [1.29, 1.82) is 0 Å². The molecule has 1 aromatic heterocycles. The van der Waals surface area contributed by atoms with E-state index in [2.05, 4.69) is 27.6 Å². The zero-order chi connectivity index (χ0) is 14.0. The lowest BCUT2D eigenvalue weighted by Gasteiger charge is -2.18. The van der Waals surface area contributed by atoms with Crippen molar-refractivity contribution in [1.82, 2.24) is 9.55 Å². The predicted molar refractivity (Wildman–Crippen MR) is 81.1 cm³/mol. The molecule has 0 saturated heterocycles. The molecule has 2 aromatic rings. The van der Waals surface area contributed by atoms with E-state index in [1.165, 1.54) is 0 Å². The SMILES string of the molecule is CN(Cc1nccn1C)c1ccc(I)cc1[N+](=O)[O-].